The van der Waals surface area contributed by atoms with E-state index in [1.807, 2.05) is 18.4 Å². The van der Waals surface area contributed by atoms with Gasteiger partial charge in [-0.15, -0.1) is 11.3 Å². The summed E-state index contributed by atoms with van der Waals surface area (Å²) in [6.07, 6.45) is 0.978. The molecule has 19 heavy (non-hydrogen) atoms. The number of hydrogen-bond acceptors (Lipinski definition) is 5. The number of nitrogens with one attached hydrogen (secondary N) is 1. The van der Waals surface area contributed by atoms with Crippen LogP contribution in [0.5, 0.6) is 0 Å². The molecule has 100 valence electrons. The van der Waals surface area contributed by atoms with Crippen molar-refractivity contribution in [3.63, 3.8) is 0 Å². The monoisotopic (exact) mass is 277 g/mol. The molecule has 0 bridgehead atoms. The van der Waals surface area contributed by atoms with Crippen LogP contribution in [-0.2, 0) is 0 Å². The molecule has 2 heterocycles. The second-order valence-electron chi connectivity index (χ2n) is 4.14. The number of nitro groups is 1. The Morgan fingerprint density at radius 2 is 2.21 bits per heavy atom. The SMILES string of the molecule is CCCNc1ccc([N+](=O)[O-])c(-c2ccsc2C)n1. The number of aromatic nitrogens is 1. The predicted molar refractivity (Wildman–Crippen MR) is 77.7 cm³/mol. The molecule has 1 N–H and O–H groups in total. The molecule has 5 nitrogen and oxygen atoms in total. The molecular formula is C13H15N3O2S. The molecular weight excluding hydrogens is 262 g/mol. The number of nitrogens with zero attached hydrogens (tertiary/aromatic N) is 2. The molecule has 0 fully saturated rings. The molecule has 2 aromatic rings. The van der Waals surface area contributed by atoms with Crippen LogP contribution in [0.25, 0.3) is 11.3 Å². The van der Waals surface area contributed by atoms with Crippen LogP contribution in [-0.4, -0.2) is 16.5 Å². The summed E-state index contributed by atoms with van der Waals surface area (Å²) >= 11 is 1.56. The molecule has 2 aromatic heterocycles. The summed E-state index contributed by atoms with van der Waals surface area (Å²) in [4.78, 5) is 16.1. The third-order valence-corrected chi connectivity index (χ3v) is 3.59. The zero-order valence-electron chi connectivity index (χ0n) is 10.8. The maximum absolute atomic E-state index is 11.1. The number of hydrogen-bond donors (Lipinski definition) is 1. The van der Waals surface area contributed by atoms with E-state index in [9.17, 15) is 10.1 Å². The molecule has 0 saturated carbocycles. The fraction of sp³-hybridized carbons (Fsp3) is 0.308. The Labute approximate surface area is 115 Å². The van der Waals surface area contributed by atoms with E-state index in [0.29, 0.717) is 11.5 Å². The molecule has 0 unspecified atom stereocenters. The lowest BCUT2D eigenvalue weighted by Crippen LogP contribution is -2.04. The Bertz CT molecular complexity index is 595. The number of pyridine rings is 1. The van der Waals surface area contributed by atoms with Crippen molar-refractivity contribution < 1.29 is 4.92 Å². The highest BCUT2D eigenvalue weighted by Gasteiger charge is 2.19. The summed E-state index contributed by atoms with van der Waals surface area (Å²) in [6, 6.07) is 5.04. The lowest BCUT2D eigenvalue weighted by Gasteiger charge is -2.07. The smallest absolute Gasteiger partial charge is 0.295 e. The first-order valence-corrected chi connectivity index (χ1v) is 6.95. The second-order valence-corrected chi connectivity index (χ2v) is 5.26. The number of rotatable bonds is 5. The van der Waals surface area contributed by atoms with Gasteiger partial charge in [-0.2, -0.15) is 0 Å². The van der Waals surface area contributed by atoms with Gasteiger partial charge in [0.1, 0.15) is 5.82 Å². The highest BCUT2D eigenvalue weighted by atomic mass is 32.1. The van der Waals surface area contributed by atoms with Gasteiger partial charge < -0.3 is 5.32 Å². The van der Waals surface area contributed by atoms with Gasteiger partial charge in [0.25, 0.3) is 5.69 Å². The standard InChI is InChI=1S/C13H15N3O2S/c1-3-7-14-12-5-4-11(16(17)18)13(15-12)10-6-8-19-9(10)2/h4-6,8H,3,7H2,1-2H3,(H,14,15). The van der Waals surface area contributed by atoms with Crippen LogP contribution in [0.3, 0.4) is 0 Å². The van der Waals surface area contributed by atoms with Crippen LogP contribution >= 0.6 is 11.3 Å². The zero-order chi connectivity index (χ0) is 13.8. The van der Waals surface area contributed by atoms with E-state index >= 15 is 0 Å². The lowest BCUT2D eigenvalue weighted by molar-refractivity contribution is -0.384. The Kier molecular flexibility index (Phi) is 4.11. The minimum Gasteiger partial charge on any atom is -0.370 e. The Morgan fingerprint density at radius 1 is 1.42 bits per heavy atom. The highest BCUT2D eigenvalue weighted by molar-refractivity contribution is 7.10. The molecule has 0 aliphatic heterocycles. The molecule has 0 aromatic carbocycles. The first kappa shape index (κ1) is 13.5. The minimum absolute atomic E-state index is 0.0450. The van der Waals surface area contributed by atoms with Crippen molar-refractivity contribution in [3.8, 4) is 11.3 Å². The van der Waals surface area contributed by atoms with E-state index in [4.69, 9.17) is 0 Å². The molecule has 0 radical (unpaired) electrons. The van der Waals surface area contributed by atoms with Crippen LogP contribution in [0.15, 0.2) is 23.6 Å². The summed E-state index contributed by atoms with van der Waals surface area (Å²) in [7, 11) is 0. The summed E-state index contributed by atoms with van der Waals surface area (Å²) in [6.45, 7) is 4.80. The van der Waals surface area contributed by atoms with Gasteiger partial charge >= 0.3 is 0 Å². The summed E-state index contributed by atoms with van der Waals surface area (Å²) in [5.74, 6) is 0.674. The molecule has 0 spiro atoms. The lowest BCUT2D eigenvalue weighted by atomic mass is 10.1. The summed E-state index contributed by atoms with van der Waals surface area (Å²) in [5, 5.41) is 16.2. The first-order chi connectivity index (χ1) is 9.13. The van der Waals surface area contributed by atoms with Crippen LogP contribution in [0.4, 0.5) is 11.5 Å². The third kappa shape index (κ3) is 2.90. The molecule has 2 rings (SSSR count). The number of thiophene rings is 1. The fourth-order valence-corrected chi connectivity index (χ4v) is 2.48. The van der Waals surface area contributed by atoms with Gasteiger partial charge in [0.2, 0.25) is 0 Å². The van der Waals surface area contributed by atoms with Crippen molar-refractivity contribution in [2.75, 3.05) is 11.9 Å². The average Bonchev–Trinajstić information content (AvgIpc) is 2.82. The fourth-order valence-electron chi connectivity index (χ4n) is 1.78. The summed E-state index contributed by atoms with van der Waals surface area (Å²) < 4.78 is 0. The normalized spacial score (nSPS) is 10.4. The van der Waals surface area contributed by atoms with Gasteiger partial charge in [0, 0.05) is 23.1 Å². The van der Waals surface area contributed by atoms with Crippen molar-refractivity contribution in [1.82, 2.24) is 4.98 Å². The van der Waals surface area contributed by atoms with Crippen LogP contribution in [0.1, 0.15) is 18.2 Å². The van der Waals surface area contributed by atoms with Gasteiger partial charge in [0.05, 0.1) is 4.92 Å². The molecule has 0 amide bonds. The Hall–Kier alpha value is -1.95. The van der Waals surface area contributed by atoms with Crippen molar-refractivity contribution in [2.45, 2.75) is 20.3 Å². The van der Waals surface area contributed by atoms with Crippen molar-refractivity contribution in [1.29, 1.82) is 0 Å². The maximum atomic E-state index is 11.1. The average molecular weight is 277 g/mol. The molecule has 6 heteroatoms. The highest BCUT2D eigenvalue weighted by Crippen LogP contribution is 2.33. The Morgan fingerprint density at radius 3 is 2.79 bits per heavy atom. The second kappa shape index (κ2) is 5.79. The quantitative estimate of drug-likeness (QED) is 0.665. The Balaban J connectivity index is 2.48. The maximum Gasteiger partial charge on any atom is 0.295 e. The molecule has 0 atom stereocenters. The molecule has 0 aliphatic carbocycles. The van der Waals surface area contributed by atoms with Crippen molar-refractivity contribution >= 4 is 22.8 Å². The van der Waals surface area contributed by atoms with Crippen molar-refractivity contribution in [2.24, 2.45) is 0 Å². The third-order valence-electron chi connectivity index (χ3n) is 2.74. The van der Waals surface area contributed by atoms with Gasteiger partial charge in [-0.25, -0.2) is 4.98 Å². The number of anilines is 1. The van der Waals surface area contributed by atoms with E-state index in [1.165, 1.54) is 6.07 Å². The first-order valence-electron chi connectivity index (χ1n) is 6.07. The topological polar surface area (TPSA) is 68.1 Å². The minimum atomic E-state index is -0.386. The summed E-state index contributed by atoms with van der Waals surface area (Å²) in [5.41, 5.74) is 1.31. The van der Waals surface area contributed by atoms with Gasteiger partial charge in [0.15, 0.2) is 5.69 Å². The van der Waals surface area contributed by atoms with E-state index in [0.717, 1.165) is 23.4 Å². The van der Waals surface area contributed by atoms with E-state index in [1.54, 1.807) is 17.4 Å². The van der Waals surface area contributed by atoms with Crippen LogP contribution in [0, 0.1) is 17.0 Å². The molecule has 0 aliphatic rings. The number of aryl methyl sites for hydroxylation is 1. The molecule has 0 saturated heterocycles. The predicted octanol–water partition coefficient (Wildman–Crippen LogP) is 3.85. The van der Waals surface area contributed by atoms with Crippen molar-refractivity contribution in [3.05, 3.63) is 38.6 Å². The van der Waals surface area contributed by atoms with E-state index in [2.05, 4.69) is 17.2 Å². The van der Waals surface area contributed by atoms with Gasteiger partial charge in [-0.1, -0.05) is 6.92 Å². The zero-order valence-corrected chi connectivity index (χ0v) is 11.7. The van der Waals surface area contributed by atoms with Crippen LogP contribution < -0.4 is 5.32 Å². The van der Waals surface area contributed by atoms with Crippen LogP contribution in [0.2, 0.25) is 0 Å². The van der Waals surface area contributed by atoms with E-state index in [-0.39, 0.29) is 10.6 Å². The largest absolute Gasteiger partial charge is 0.370 e. The van der Waals surface area contributed by atoms with Gasteiger partial charge in [-0.05, 0) is 30.9 Å². The van der Waals surface area contributed by atoms with Gasteiger partial charge in [-0.3, -0.25) is 10.1 Å². The van der Waals surface area contributed by atoms with E-state index < -0.39 is 0 Å².